The molecule has 6 nitrogen and oxygen atoms in total. The maximum atomic E-state index is 12.0. The van der Waals surface area contributed by atoms with Gasteiger partial charge in [0, 0.05) is 13.1 Å². The van der Waals surface area contributed by atoms with Crippen LogP contribution in [0.3, 0.4) is 0 Å². The van der Waals surface area contributed by atoms with Gasteiger partial charge in [0.2, 0.25) is 0 Å². The van der Waals surface area contributed by atoms with Gasteiger partial charge in [-0.05, 0) is 38.4 Å². The van der Waals surface area contributed by atoms with Crippen LogP contribution in [0.5, 0.6) is 5.75 Å². The van der Waals surface area contributed by atoms with E-state index in [1.807, 2.05) is 19.0 Å². The first-order valence-electron chi connectivity index (χ1n) is 7.63. The summed E-state index contributed by atoms with van der Waals surface area (Å²) >= 11 is 12.0. The molecule has 0 fully saturated rings. The maximum absolute atomic E-state index is 12.0. The Labute approximate surface area is 156 Å². The number of furan rings is 1. The molecule has 8 heteroatoms. The minimum atomic E-state index is -0.651. The highest BCUT2D eigenvalue weighted by Crippen LogP contribution is 2.32. The first kappa shape index (κ1) is 19.6. The Morgan fingerprint density at radius 1 is 1.32 bits per heavy atom. The second-order valence-corrected chi connectivity index (χ2v) is 6.52. The lowest BCUT2D eigenvalue weighted by Gasteiger charge is -2.15. The lowest BCUT2D eigenvalue weighted by atomic mass is 10.3. The standard InChI is InChI=1S/C17H20Cl2N2O4/c1-21(2)9-11(22)8-20-17(23)15-7-6-12(25-15)10-24-14-5-3-4-13(18)16(14)19/h3-7,11,22H,8-10H2,1-2H3,(H,20,23). The lowest BCUT2D eigenvalue weighted by molar-refractivity contribution is 0.0863. The van der Waals surface area contributed by atoms with Crippen molar-refractivity contribution in [3.8, 4) is 5.75 Å². The molecule has 136 valence electrons. The van der Waals surface area contributed by atoms with Crippen molar-refractivity contribution in [1.82, 2.24) is 10.2 Å². The summed E-state index contributed by atoms with van der Waals surface area (Å²) in [5.74, 6) is 0.649. The highest BCUT2D eigenvalue weighted by Gasteiger charge is 2.14. The Morgan fingerprint density at radius 2 is 2.08 bits per heavy atom. The average molecular weight is 387 g/mol. The topological polar surface area (TPSA) is 74.9 Å². The molecule has 0 radical (unpaired) electrons. The van der Waals surface area contributed by atoms with E-state index in [0.717, 1.165) is 0 Å². The van der Waals surface area contributed by atoms with Crippen molar-refractivity contribution in [1.29, 1.82) is 0 Å². The molecule has 0 spiro atoms. The highest BCUT2D eigenvalue weighted by atomic mass is 35.5. The van der Waals surface area contributed by atoms with E-state index in [0.29, 0.717) is 28.1 Å². The normalized spacial score (nSPS) is 12.2. The van der Waals surface area contributed by atoms with Gasteiger partial charge in [0.1, 0.15) is 23.1 Å². The first-order valence-corrected chi connectivity index (χ1v) is 8.39. The molecule has 1 atom stereocenters. The number of hydrogen-bond acceptors (Lipinski definition) is 5. The Balaban J connectivity index is 1.87. The van der Waals surface area contributed by atoms with E-state index in [9.17, 15) is 9.90 Å². The molecule has 1 amide bonds. The number of carbonyl (C=O) groups is 1. The molecule has 0 aliphatic carbocycles. The molecule has 1 aromatic heterocycles. The van der Waals surface area contributed by atoms with Crippen molar-refractivity contribution in [2.45, 2.75) is 12.7 Å². The zero-order valence-electron chi connectivity index (χ0n) is 14.0. The summed E-state index contributed by atoms with van der Waals surface area (Å²) in [7, 11) is 3.69. The summed E-state index contributed by atoms with van der Waals surface area (Å²) in [5.41, 5.74) is 0. The summed E-state index contributed by atoms with van der Waals surface area (Å²) < 4.78 is 11.0. The van der Waals surface area contributed by atoms with Crippen LogP contribution >= 0.6 is 23.2 Å². The number of hydrogen-bond donors (Lipinski definition) is 2. The number of nitrogens with one attached hydrogen (secondary N) is 1. The molecule has 0 saturated heterocycles. The third kappa shape index (κ3) is 5.93. The molecule has 2 aromatic rings. The van der Waals surface area contributed by atoms with Gasteiger partial charge in [0.05, 0.1) is 11.1 Å². The number of nitrogens with zero attached hydrogens (tertiary/aromatic N) is 1. The zero-order chi connectivity index (χ0) is 18.4. The van der Waals surface area contributed by atoms with Crippen molar-refractivity contribution in [3.05, 3.63) is 51.9 Å². The Kier molecular flexibility index (Phi) is 7.13. The summed E-state index contributed by atoms with van der Waals surface area (Å²) in [6.07, 6.45) is -0.651. The van der Waals surface area contributed by atoms with Crippen LogP contribution in [-0.4, -0.2) is 49.2 Å². The second-order valence-electron chi connectivity index (χ2n) is 5.73. The van der Waals surface area contributed by atoms with Gasteiger partial charge < -0.3 is 24.5 Å². The van der Waals surface area contributed by atoms with E-state index in [2.05, 4.69) is 5.32 Å². The van der Waals surface area contributed by atoms with Crippen LogP contribution < -0.4 is 10.1 Å². The average Bonchev–Trinajstić information content (AvgIpc) is 3.02. The van der Waals surface area contributed by atoms with Gasteiger partial charge in [0.25, 0.3) is 5.91 Å². The minimum absolute atomic E-state index is 0.108. The minimum Gasteiger partial charge on any atom is -0.484 e. The smallest absolute Gasteiger partial charge is 0.287 e. The Hall–Kier alpha value is -1.73. The van der Waals surface area contributed by atoms with Gasteiger partial charge in [-0.3, -0.25) is 4.79 Å². The molecule has 1 unspecified atom stereocenters. The van der Waals surface area contributed by atoms with E-state index < -0.39 is 12.0 Å². The predicted octanol–water partition coefficient (Wildman–Crippen LogP) is 2.82. The van der Waals surface area contributed by atoms with Crippen LogP contribution in [0.25, 0.3) is 0 Å². The fraction of sp³-hybridized carbons (Fsp3) is 0.353. The monoisotopic (exact) mass is 386 g/mol. The van der Waals surface area contributed by atoms with Crippen LogP contribution in [0, 0.1) is 0 Å². The van der Waals surface area contributed by atoms with Gasteiger partial charge >= 0.3 is 0 Å². The molecule has 25 heavy (non-hydrogen) atoms. The molecule has 2 N–H and O–H groups in total. The number of halogens is 2. The van der Waals surface area contributed by atoms with E-state index in [-0.39, 0.29) is 18.9 Å². The van der Waals surface area contributed by atoms with Crippen molar-refractivity contribution in [2.75, 3.05) is 27.2 Å². The van der Waals surface area contributed by atoms with Crippen LogP contribution in [0.1, 0.15) is 16.3 Å². The zero-order valence-corrected chi connectivity index (χ0v) is 15.5. The van der Waals surface area contributed by atoms with Gasteiger partial charge in [0.15, 0.2) is 5.76 Å². The van der Waals surface area contributed by atoms with Gasteiger partial charge in [-0.2, -0.15) is 0 Å². The second kappa shape index (κ2) is 9.10. The van der Waals surface area contributed by atoms with Crippen LogP contribution in [-0.2, 0) is 6.61 Å². The number of ether oxygens (including phenoxy) is 1. The molecular formula is C17H20Cl2N2O4. The quantitative estimate of drug-likeness (QED) is 0.729. The van der Waals surface area contributed by atoms with Crippen molar-refractivity contribution in [2.24, 2.45) is 0 Å². The molecule has 0 saturated carbocycles. The molecular weight excluding hydrogens is 367 g/mol. The van der Waals surface area contributed by atoms with Crippen LogP contribution in [0.2, 0.25) is 10.0 Å². The van der Waals surface area contributed by atoms with Crippen molar-refractivity contribution < 1.29 is 19.1 Å². The summed E-state index contributed by atoms with van der Waals surface area (Å²) in [5, 5.41) is 13.1. The lowest BCUT2D eigenvalue weighted by Crippen LogP contribution is -2.37. The van der Waals surface area contributed by atoms with Gasteiger partial charge in [-0.15, -0.1) is 0 Å². The molecule has 0 aliphatic heterocycles. The number of aliphatic hydroxyl groups is 1. The van der Waals surface area contributed by atoms with Crippen LogP contribution in [0.4, 0.5) is 0 Å². The number of benzene rings is 1. The van der Waals surface area contributed by atoms with Crippen molar-refractivity contribution >= 4 is 29.1 Å². The van der Waals surface area contributed by atoms with Gasteiger partial charge in [-0.1, -0.05) is 29.3 Å². The van der Waals surface area contributed by atoms with E-state index in [1.165, 1.54) is 0 Å². The Morgan fingerprint density at radius 3 is 2.80 bits per heavy atom. The van der Waals surface area contributed by atoms with E-state index >= 15 is 0 Å². The summed E-state index contributed by atoms with van der Waals surface area (Å²) in [6, 6.07) is 8.27. The highest BCUT2D eigenvalue weighted by molar-refractivity contribution is 6.42. The maximum Gasteiger partial charge on any atom is 0.287 e. The molecule has 1 aromatic carbocycles. The SMILES string of the molecule is CN(C)CC(O)CNC(=O)c1ccc(COc2cccc(Cl)c2Cl)o1. The summed E-state index contributed by atoms with van der Waals surface area (Å²) in [6.45, 7) is 0.705. The number of aliphatic hydroxyl groups excluding tert-OH is 1. The van der Waals surface area contributed by atoms with Crippen LogP contribution in [0.15, 0.2) is 34.7 Å². The fourth-order valence-electron chi connectivity index (χ4n) is 2.11. The van der Waals surface area contributed by atoms with Gasteiger partial charge in [-0.25, -0.2) is 0 Å². The number of rotatable bonds is 8. The predicted molar refractivity (Wildman–Crippen MR) is 96.4 cm³/mol. The third-order valence-corrected chi connectivity index (χ3v) is 4.05. The largest absolute Gasteiger partial charge is 0.484 e. The number of likely N-dealkylation sites (N-methyl/N-ethyl adjacent to an activating group) is 1. The molecule has 0 bridgehead atoms. The Bertz CT molecular complexity index is 718. The summed E-state index contributed by atoms with van der Waals surface area (Å²) in [4.78, 5) is 13.8. The first-order chi connectivity index (χ1) is 11.9. The van der Waals surface area contributed by atoms with E-state index in [4.69, 9.17) is 32.4 Å². The fourth-order valence-corrected chi connectivity index (χ4v) is 2.45. The number of carbonyl (C=O) groups excluding carboxylic acids is 1. The van der Waals surface area contributed by atoms with Crippen molar-refractivity contribution in [3.63, 3.8) is 0 Å². The molecule has 0 aliphatic rings. The molecule has 2 rings (SSSR count). The third-order valence-electron chi connectivity index (χ3n) is 3.25. The van der Waals surface area contributed by atoms with E-state index in [1.54, 1.807) is 30.3 Å². The number of amides is 1. The molecule has 1 heterocycles.